The molecule has 0 aromatic heterocycles. The van der Waals surface area contributed by atoms with Gasteiger partial charge in [-0.15, -0.1) is 11.6 Å². The summed E-state index contributed by atoms with van der Waals surface area (Å²) in [6.45, 7) is 3.79. The van der Waals surface area contributed by atoms with E-state index in [9.17, 15) is 13.9 Å². The Hall–Kier alpha value is -1.53. The number of β-amino-alcohol motifs (C(OH)–C–C–N with tert-alkyl or cyclic N) is 1. The van der Waals surface area contributed by atoms with E-state index < -0.39 is 6.10 Å². The molecule has 1 fully saturated rings. The topological polar surface area (TPSA) is 26.7 Å². The molecule has 1 heterocycles. The Labute approximate surface area is 157 Å². The smallest absolute Gasteiger partial charge is 0.123 e. The maximum absolute atomic E-state index is 13.3. The molecule has 1 aliphatic rings. The predicted octanol–water partition coefficient (Wildman–Crippen LogP) is 3.27. The number of aliphatic hydroxyl groups is 1. The molecule has 140 valence electrons. The van der Waals surface area contributed by atoms with E-state index in [4.69, 9.17) is 11.6 Å². The highest BCUT2D eigenvalue weighted by atomic mass is 35.5. The van der Waals surface area contributed by atoms with E-state index in [0.717, 1.165) is 37.3 Å². The van der Waals surface area contributed by atoms with Gasteiger partial charge in [0.1, 0.15) is 11.6 Å². The molecule has 0 saturated carbocycles. The first-order chi connectivity index (χ1) is 12.6. The van der Waals surface area contributed by atoms with Crippen LogP contribution in [0.2, 0.25) is 0 Å². The lowest BCUT2D eigenvalue weighted by Gasteiger charge is -2.40. The summed E-state index contributed by atoms with van der Waals surface area (Å²) < 4.78 is 26.7. The zero-order valence-electron chi connectivity index (χ0n) is 14.5. The number of hydrogen-bond donors (Lipinski definition) is 1. The lowest BCUT2D eigenvalue weighted by atomic mass is 9.96. The van der Waals surface area contributed by atoms with Crippen molar-refractivity contribution in [3.63, 3.8) is 0 Å². The van der Waals surface area contributed by atoms with Crippen LogP contribution >= 0.6 is 11.6 Å². The summed E-state index contributed by atoms with van der Waals surface area (Å²) >= 11 is 5.69. The quantitative estimate of drug-likeness (QED) is 0.779. The third-order valence-corrected chi connectivity index (χ3v) is 5.15. The number of nitrogens with zero attached hydrogens (tertiary/aromatic N) is 2. The Bertz CT molecular complexity index is 642. The van der Waals surface area contributed by atoms with Crippen LogP contribution in [-0.2, 0) is 0 Å². The van der Waals surface area contributed by atoms with Crippen LogP contribution in [0.1, 0.15) is 17.2 Å². The molecule has 2 aromatic rings. The molecule has 0 aliphatic carbocycles. The summed E-state index contributed by atoms with van der Waals surface area (Å²) in [6, 6.07) is 12.9. The Morgan fingerprint density at radius 1 is 0.846 bits per heavy atom. The maximum Gasteiger partial charge on any atom is 0.123 e. The molecule has 3 nitrogen and oxygen atoms in total. The van der Waals surface area contributed by atoms with E-state index in [1.807, 2.05) is 0 Å². The van der Waals surface area contributed by atoms with Gasteiger partial charge in [-0.05, 0) is 35.4 Å². The van der Waals surface area contributed by atoms with Crippen LogP contribution in [-0.4, -0.2) is 59.6 Å². The van der Waals surface area contributed by atoms with Gasteiger partial charge in [0.05, 0.1) is 12.1 Å². The van der Waals surface area contributed by atoms with Crippen molar-refractivity contribution >= 4 is 11.6 Å². The molecule has 6 heteroatoms. The van der Waals surface area contributed by atoms with E-state index in [-0.39, 0.29) is 23.6 Å². The molecule has 1 N–H and O–H groups in total. The van der Waals surface area contributed by atoms with Gasteiger partial charge >= 0.3 is 0 Å². The fraction of sp³-hybridized carbons (Fsp3) is 0.400. The van der Waals surface area contributed by atoms with Crippen LogP contribution in [0.5, 0.6) is 0 Å². The molecule has 2 aromatic carbocycles. The molecule has 0 spiro atoms. The summed E-state index contributed by atoms with van der Waals surface area (Å²) in [7, 11) is 0. The second-order valence-corrected chi connectivity index (χ2v) is 6.96. The molecule has 0 radical (unpaired) electrons. The van der Waals surface area contributed by atoms with E-state index in [2.05, 4.69) is 9.80 Å². The summed E-state index contributed by atoms with van der Waals surface area (Å²) in [6.07, 6.45) is -0.520. The van der Waals surface area contributed by atoms with Crippen molar-refractivity contribution < 1.29 is 13.9 Å². The van der Waals surface area contributed by atoms with Gasteiger partial charge in [0.25, 0.3) is 0 Å². The first kappa shape index (κ1) is 19.2. The third-order valence-electron chi connectivity index (χ3n) is 4.79. The number of hydrogen-bond acceptors (Lipinski definition) is 3. The van der Waals surface area contributed by atoms with Crippen molar-refractivity contribution in [2.24, 2.45) is 0 Å². The third kappa shape index (κ3) is 4.80. The van der Waals surface area contributed by atoms with Crippen LogP contribution < -0.4 is 0 Å². The van der Waals surface area contributed by atoms with Gasteiger partial charge in [0.15, 0.2) is 0 Å². The van der Waals surface area contributed by atoms with Crippen LogP contribution in [0, 0.1) is 11.6 Å². The molecule has 26 heavy (non-hydrogen) atoms. The fourth-order valence-electron chi connectivity index (χ4n) is 3.46. The van der Waals surface area contributed by atoms with Crippen molar-refractivity contribution in [3.05, 3.63) is 71.3 Å². The maximum atomic E-state index is 13.3. The molecular weight excluding hydrogens is 358 g/mol. The van der Waals surface area contributed by atoms with Gasteiger partial charge in [0, 0.05) is 38.6 Å². The Morgan fingerprint density at radius 3 is 1.73 bits per heavy atom. The first-order valence-corrected chi connectivity index (χ1v) is 9.31. The van der Waals surface area contributed by atoms with Crippen molar-refractivity contribution in [1.29, 1.82) is 0 Å². The molecule has 1 aliphatic heterocycles. The summed E-state index contributed by atoms with van der Waals surface area (Å²) in [4.78, 5) is 4.50. The summed E-state index contributed by atoms with van der Waals surface area (Å²) in [5.74, 6) is -0.313. The lowest BCUT2D eigenvalue weighted by molar-refractivity contribution is 0.0703. The van der Waals surface area contributed by atoms with E-state index in [0.29, 0.717) is 6.54 Å². The van der Waals surface area contributed by atoms with Crippen LogP contribution in [0.25, 0.3) is 0 Å². The number of halogens is 3. The highest BCUT2D eigenvalue weighted by molar-refractivity contribution is 6.18. The van der Waals surface area contributed by atoms with E-state index in [1.54, 1.807) is 24.3 Å². The van der Waals surface area contributed by atoms with Crippen molar-refractivity contribution in [2.75, 3.05) is 38.6 Å². The standard InChI is InChI=1S/C20H23ClF2N2O/c21-13-19(26)14-24-9-11-25(12-10-24)20(15-1-5-17(22)6-2-15)16-3-7-18(23)8-4-16/h1-8,19-20,26H,9-14H2/t19-/m0/s1. The minimum Gasteiger partial charge on any atom is -0.391 e. The molecule has 0 amide bonds. The number of aliphatic hydroxyl groups excluding tert-OH is 1. The average Bonchev–Trinajstić information content (AvgIpc) is 2.66. The highest BCUT2D eigenvalue weighted by Crippen LogP contribution is 2.30. The van der Waals surface area contributed by atoms with Gasteiger partial charge in [-0.2, -0.15) is 0 Å². The van der Waals surface area contributed by atoms with Crippen molar-refractivity contribution in [2.45, 2.75) is 12.1 Å². The minimum absolute atomic E-state index is 0.0590. The van der Waals surface area contributed by atoms with Gasteiger partial charge in [-0.3, -0.25) is 9.80 Å². The normalized spacial score (nSPS) is 17.6. The molecule has 0 unspecified atom stereocenters. The minimum atomic E-state index is -0.520. The lowest BCUT2D eigenvalue weighted by Crippen LogP contribution is -2.49. The zero-order valence-corrected chi connectivity index (χ0v) is 15.2. The molecule has 1 atom stereocenters. The molecular formula is C20H23ClF2N2O. The average molecular weight is 381 g/mol. The largest absolute Gasteiger partial charge is 0.391 e. The van der Waals surface area contributed by atoms with E-state index in [1.165, 1.54) is 24.3 Å². The Morgan fingerprint density at radius 2 is 1.31 bits per heavy atom. The molecule has 1 saturated heterocycles. The SMILES string of the molecule is O[C@@H](CCl)CN1CCN(C(c2ccc(F)cc2)c2ccc(F)cc2)CC1. The van der Waals surface area contributed by atoms with Gasteiger partial charge in [-0.25, -0.2) is 8.78 Å². The van der Waals surface area contributed by atoms with Crippen molar-refractivity contribution in [1.82, 2.24) is 9.80 Å². The zero-order chi connectivity index (χ0) is 18.5. The second-order valence-electron chi connectivity index (χ2n) is 6.65. The fourth-order valence-corrected chi connectivity index (χ4v) is 3.55. The van der Waals surface area contributed by atoms with Crippen molar-refractivity contribution in [3.8, 4) is 0 Å². The monoisotopic (exact) mass is 380 g/mol. The van der Waals surface area contributed by atoms with Gasteiger partial charge < -0.3 is 5.11 Å². The van der Waals surface area contributed by atoms with Crippen LogP contribution in [0.15, 0.2) is 48.5 Å². The number of piperazine rings is 1. The number of rotatable bonds is 6. The van der Waals surface area contributed by atoms with Crippen LogP contribution in [0.4, 0.5) is 8.78 Å². The molecule has 0 bridgehead atoms. The van der Waals surface area contributed by atoms with Gasteiger partial charge in [-0.1, -0.05) is 24.3 Å². The Kier molecular flexibility index (Phi) is 6.59. The number of benzene rings is 2. The van der Waals surface area contributed by atoms with E-state index >= 15 is 0 Å². The van der Waals surface area contributed by atoms with Crippen LogP contribution in [0.3, 0.4) is 0 Å². The summed E-state index contributed by atoms with van der Waals surface area (Å²) in [5.41, 5.74) is 1.96. The Balaban J connectivity index is 1.78. The molecule has 3 rings (SSSR count). The number of alkyl halides is 1. The van der Waals surface area contributed by atoms with Gasteiger partial charge in [0.2, 0.25) is 0 Å². The first-order valence-electron chi connectivity index (χ1n) is 8.78. The highest BCUT2D eigenvalue weighted by Gasteiger charge is 2.27. The predicted molar refractivity (Wildman–Crippen MR) is 99.4 cm³/mol. The second kappa shape index (κ2) is 8.91. The summed E-state index contributed by atoms with van der Waals surface area (Å²) in [5, 5.41) is 9.74.